The smallest absolute Gasteiger partial charge is 0.224 e. The number of hydrogen-bond donors (Lipinski definition) is 2. The van der Waals surface area contributed by atoms with Crippen molar-refractivity contribution in [2.45, 2.75) is 25.8 Å². The normalized spacial score (nSPS) is 16.5. The van der Waals surface area contributed by atoms with Crippen LogP contribution in [0.3, 0.4) is 0 Å². The third-order valence-corrected chi connectivity index (χ3v) is 4.85. The number of thiazole rings is 1. The number of nitrogens with zero attached hydrogens (tertiary/aromatic N) is 2. The first-order valence-electron chi connectivity index (χ1n) is 7.90. The maximum absolute atomic E-state index is 11.9. The van der Waals surface area contributed by atoms with Gasteiger partial charge in [-0.2, -0.15) is 0 Å². The number of fused-ring (bicyclic) bond motifs is 1. The summed E-state index contributed by atoms with van der Waals surface area (Å²) < 4.78 is 6.46. The van der Waals surface area contributed by atoms with Gasteiger partial charge in [-0.25, -0.2) is 4.98 Å². The SMILES string of the molecule is CC(N)CCC(=O)Nc1ccc2nc(N3CCOCC3)sc2c1. The zero-order chi connectivity index (χ0) is 16.2. The maximum Gasteiger partial charge on any atom is 0.224 e. The predicted molar refractivity (Wildman–Crippen MR) is 94.2 cm³/mol. The molecule has 23 heavy (non-hydrogen) atoms. The van der Waals surface area contributed by atoms with E-state index < -0.39 is 0 Å². The molecule has 1 saturated heterocycles. The highest BCUT2D eigenvalue weighted by atomic mass is 32.1. The highest BCUT2D eigenvalue weighted by molar-refractivity contribution is 7.22. The fourth-order valence-electron chi connectivity index (χ4n) is 2.46. The van der Waals surface area contributed by atoms with Crippen LogP contribution in [0.2, 0.25) is 0 Å². The lowest BCUT2D eigenvalue weighted by Gasteiger charge is -2.25. The van der Waals surface area contributed by atoms with Crippen molar-refractivity contribution in [3.63, 3.8) is 0 Å². The summed E-state index contributed by atoms with van der Waals surface area (Å²) in [5.74, 6) is -0.000400. The predicted octanol–water partition coefficient (Wildman–Crippen LogP) is 2.20. The number of hydrogen-bond acceptors (Lipinski definition) is 6. The lowest BCUT2D eigenvalue weighted by atomic mass is 10.2. The summed E-state index contributed by atoms with van der Waals surface area (Å²) in [6, 6.07) is 5.88. The molecule has 0 saturated carbocycles. The molecule has 1 atom stereocenters. The van der Waals surface area contributed by atoms with Crippen LogP contribution in [0.1, 0.15) is 19.8 Å². The van der Waals surface area contributed by atoms with Crippen LogP contribution in [0.25, 0.3) is 10.2 Å². The van der Waals surface area contributed by atoms with Gasteiger partial charge in [0.25, 0.3) is 0 Å². The number of morpholine rings is 1. The standard InChI is InChI=1S/C16H22N4O2S/c1-11(17)2-5-15(21)18-12-3-4-13-14(10-12)23-16(19-13)20-6-8-22-9-7-20/h3-4,10-11H,2,5-9,17H2,1H3,(H,18,21). The number of nitrogens with two attached hydrogens (primary N) is 1. The summed E-state index contributed by atoms with van der Waals surface area (Å²) in [6.07, 6.45) is 1.13. The second-order valence-electron chi connectivity index (χ2n) is 5.84. The number of ether oxygens (including phenoxy) is 1. The Morgan fingerprint density at radius 1 is 1.48 bits per heavy atom. The molecule has 6 nitrogen and oxygen atoms in total. The van der Waals surface area contributed by atoms with Gasteiger partial charge in [-0.05, 0) is 31.5 Å². The molecule has 1 aliphatic heterocycles. The Kier molecular flexibility index (Phi) is 5.09. The van der Waals surface area contributed by atoms with E-state index in [9.17, 15) is 4.79 Å². The van der Waals surface area contributed by atoms with E-state index in [-0.39, 0.29) is 11.9 Å². The second kappa shape index (κ2) is 7.25. The van der Waals surface area contributed by atoms with Crippen LogP contribution >= 0.6 is 11.3 Å². The van der Waals surface area contributed by atoms with E-state index in [0.717, 1.165) is 47.3 Å². The van der Waals surface area contributed by atoms with E-state index in [1.54, 1.807) is 11.3 Å². The largest absolute Gasteiger partial charge is 0.378 e. The van der Waals surface area contributed by atoms with Gasteiger partial charge >= 0.3 is 0 Å². The van der Waals surface area contributed by atoms with Crippen molar-refractivity contribution < 1.29 is 9.53 Å². The molecule has 0 radical (unpaired) electrons. The number of nitrogens with one attached hydrogen (secondary N) is 1. The van der Waals surface area contributed by atoms with Gasteiger partial charge in [0.05, 0.1) is 23.4 Å². The summed E-state index contributed by atoms with van der Waals surface area (Å²) >= 11 is 1.65. The second-order valence-corrected chi connectivity index (χ2v) is 6.85. The van der Waals surface area contributed by atoms with Crippen LogP contribution in [0, 0.1) is 0 Å². The number of carbonyl (C=O) groups excluding carboxylic acids is 1. The number of amides is 1. The molecule has 1 aromatic carbocycles. The number of benzene rings is 1. The third-order valence-electron chi connectivity index (χ3n) is 3.77. The Labute approximate surface area is 139 Å². The van der Waals surface area contributed by atoms with Gasteiger partial charge in [-0.3, -0.25) is 4.79 Å². The first-order chi connectivity index (χ1) is 11.1. The van der Waals surface area contributed by atoms with Crippen LogP contribution in [0.15, 0.2) is 18.2 Å². The molecule has 1 fully saturated rings. The first-order valence-corrected chi connectivity index (χ1v) is 8.72. The fraction of sp³-hybridized carbons (Fsp3) is 0.500. The Hall–Kier alpha value is -1.70. The van der Waals surface area contributed by atoms with Gasteiger partial charge in [0.2, 0.25) is 5.91 Å². The van der Waals surface area contributed by atoms with E-state index >= 15 is 0 Å². The summed E-state index contributed by atoms with van der Waals surface area (Å²) in [5.41, 5.74) is 7.45. The van der Waals surface area contributed by atoms with Crippen molar-refractivity contribution in [2.75, 3.05) is 36.5 Å². The summed E-state index contributed by atoms with van der Waals surface area (Å²) in [5, 5.41) is 3.95. The molecular weight excluding hydrogens is 312 g/mol. The van der Waals surface area contributed by atoms with E-state index in [1.165, 1.54) is 0 Å². The molecule has 2 heterocycles. The lowest BCUT2D eigenvalue weighted by Crippen LogP contribution is -2.36. The van der Waals surface area contributed by atoms with E-state index in [4.69, 9.17) is 10.5 Å². The van der Waals surface area contributed by atoms with Crippen molar-refractivity contribution in [1.29, 1.82) is 0 Å². The van der Waals surface area contributed by atoms with Gasteiger partial charge in [-0.1, -0.05) is 11.3 Å². The van der Waals surface area contributed by atoms with Gasteiger partial charge in [0.15, 0.2) is 5.13 Å². The zero-order valence-electron chi connectivity index (χ0n) is 13.2. The van der Waals surface area contributed by atoms with Crippen LogP contribution in [0.5, 0.6) is 0 Å². The number of carbonyl (C=O) groups is 1. The summed E-state index contributed by atoms with van der Waals surface area (Å²) in [6.45, 7) is 5.15. The maximum atomic E-state index is 11.9. The Morgan fingerprint density at radius 2 is 2.26 bits per heavy atom. The third kappa shape index (κ3) is 4.19. The molecule has 124 valence electrons. The van der Waals surface area contributed by atoms with Gasteiger partial charge in [0, 0.05) is 31.2 Å². The molecule has 3 N–H and O–H groups in total. The first kappa shape index (κ1) is 16.2. The molecule has 1 amide bonds. The highest BCUT2D eigenvalue weighted by Gasteiger charge is 2.15. The Balaban J connectivity index is 1.70. The number of aromatic nitrogens is 1. The minimum atomic E-state index is -0.000400. The number of anilines is 2. The number of rotatable bonds is 5. The van der Waals surface area contributed by atoms with E-state index in [1.807, 2.05) is 25.1 Å². The average molecular weight is 334 g/mol. The quantitative estimate of drug-likeness (QED) is 0.876. The molecule has 0 aliphatic carbocycles. The monoisotopic (exact) mass is 334 g/mol. The van der Waals surface area contributed by atoms with Crippen LogP contribution in [0.4, 0.5) is 10.8 Å². The topological polar surface area (TPSA) is 80.5 Å². The van der Waals surface area contributed by atoms with E-state index in [0.29, 0.717) is 12.8 Å². The molecule has 3 rings (SSSR count). The van der Waals surface area contributed by atoms with Gasteiger partial charge in [-0.15, -0.1) is 0 Å². The molecule has 0 bridgehead atoms. The molecular formula is C16H22N4O2S. The molecule has 7 heteroatoms. The van der Waals surface area contributed by atoms with Crippen molar-refractivity contribution >= 4 is 38.3 Å². The Morgan fingerprint density at radius 3 is 3.00 bits per heavy atom. The Bertz CT molecular complexity index is 680. The van der Waals surface area contributed by atoms with Gasteiger partial charge < -0.3 is 20.7 Å². The molecule has 1 aromatic heterocycles. The molecule has 1 unspecified atom stereocenters. The summed E-state index contributed by atoms with van der Waals surface area (Å²) in [7, 11) is 0. The lowest BCUT2D eigenvalue weighted by molar-refractivity contribution is -0.116. The van der Waals surface area contributed by atoms with Crippen LogP contribution in [-0.2, 0) is 9.53 Å². The fourth-order valence-corrected chi connectivity index (χ4v) is 3.52. The minimum Gasteiger partial charge on any atom is -0.378 e. The molecule has 1 aliphatic rings. The summed E-state index contributed by atoms with van der Waals surface area (Å²) in [4.78, 5) is 18.8. The van der Waals surface area contributed by atoms with Crippen molar-refractivity contribution in [2.24, 2.45) is 5.73 Å². The van der Waals surface area contributed by atoms with Crippen molar-refractivity contribution in [3.05, 3.63) is 18.2 Å². The average Bonchev–Trinajstić information content (AvgIpc) is 2.97. The van der Waals surface area contributed by atoms with Crippen molar-refractivity contribution in [3.8, 4) is 0 Å². The van der Waals surface area contributed by atoms with Crippen LogP contribution in [-0.4, -0.2) is 43.2 Å². The highest BCUT2D eigenvalue weighted by Crippen LogP contribution is 2.31. The molecule has 2 aromatic rings. The molecule has 0 spiro atoms. The van der Waals surface area contributed by atoms with Crippen molar-refractivity contribution in [1.82, 2.24) is 4.98 Å². The van der Waals surface area contributed by atoms with E-state index in [2.05, 4.69) is 15.2 Å². The minimum absolute atomic E-state index is 0.000400. The van der Waals surface area contributed by atoms with Crippen LogP contribution < -0.4 is 16.0 Å². The van der Waals surface area contributed by atoms with Gasteiger partial charge in [0.1, 0.15) is 0 Å². The zero-order valence-corrected chi connectivity index (χ0v) is 14.1.